The maximum absolute atomic E-state index is 12.7. The van der Waals surface area contributed by atoms with Crippen molar-refractivity contribution in [1.29, 1.82) is 0 Å². The summed E-state index contributed by atoms with van der Waals surface area (Å²) in [5.74, 6) is 0.999. The van der Waals surface area contributed by atoms with Gasteiger partial charge in [-0.2, -0.15) is 0 Å². The van der Waals surface area contributed by atoms with Gasteiger partial charge in [-0.25, -0.2) is 4.98 Å². The lowest BCUT2D eigenvalue weighted by atomic mass is 10.0. The Hall–Kier alpha value is -3.41. The van der Waals surface area contributed by atoms with E-state index in [0.717, 1.165) is 33.7 Å². The summed E-state index contributed by atoms with van der Waals surface area (Å²) in [6.07, 6.45) is 2.29. The summed E-state index contributed by atoms with van der Waals surface area (Å²) in [4.78, 5) is 32.0. The second-order valence-electron chi connectivity index (χ2n) is 7.45. The van der Waals surface area contributed by atoms with E-state index in [2.05, 4.69) is 15.3 Å². The summed E-state index contributed by atoms with van der Waals surface area (Å²) in [5.41, 5.74) is 5.54. The molecule has 156 valence electrons. The van der Waals surface area contributed by atoms with Gasteiger partial charge in [0.2, 0.25) is 5.88 Å². The highest BCUT2D eigenvalue weighted by Crippen LogP contribution is 2.25. The van der Waals surface area contributed by atoms with Crippen LogP contribution >= 0.6 is 0 Å². The standard InChI is InChI=1S/C24H27N3O3/c1-6-19-22(17(5)28)16(4)27-23(19)24(29)26-13-18-9-10-21(25-12-18)30-20-11-14(2)7-8-15(20)3/h7-12,27H,6,13H2,1-5H3,(H,26,29). The fourth-order valence-corrected chi connectivity index (χ4v) is 3.48. The largest absolute Gasteiger partial charge is 0.439 e. The molecule has 0 aliphatic rings. The van der Waals surface area contributed by atoms with Crippen LogP contribution in [-0.4, -0.2) is 21.7 Å². The molecule has 0 aliphatic carbocycles. The normalized spacial score (nSPS) is 10.7. The van der Waals surface area contributed by atoms with Gasteiger partial charge >= 0.3 is 0 Å². The first kappa shape index (κ1) is 21.3. The Balaban J connectivity index is 1.67. The molecule has 30 heavy (non-hydrogen) atoms. The second-order valence-corrected chi connectivity index (χ2v) is 7.45. The van der Waals surface area contributed by atoms with E-state index in [1.807, 2.05) is 52.0 Å². The third-order valence-corrected chi connectivity index (χ3v) is 5.03. The lowest BCUT2D eigenvalue weighted by Crippen LogP contribution is -2.24. The number of aryl methyl sites for hydroxylation is 3. The SMILES string of the molecule is CCc1c(C(=O)NCc2ccc(Oc3cc(C)ccc3C)nc2)[nH]c(C)c1C(C)=O. The minimum absolute atomic E-state index is 0.0386. The molecule has 0 saturated heterocycles. The summed E-state index contributed by atoms with van der Waals surface area (Å²) in [6, 6.07) is 9.68. The number of carbonyl (C=O) groups excluding carboxylic acids is 2. The van der Waals surface area contributed by atoms with Crippen molar-refractivity contribution in [2.75, 3.05) is 0 Å². The van der Waals surface area contributed by atoms with E-state index in [-0.39, 0.29) is 11.7 Å². The molecular formula is C24H27N3O3. The zero-order valence-electron chi connectivity index (χ0n) is 18.1. The van der Waals surface area contributed by atoms with Gasteiger partial charge in [-0.05, 0) is 62.4 Å². The van der Waals surface area contributed by atoms with E-state index in [1.54, 1.807) is 12.3 Å². The van der Waals surface area contributed by atoms with E-state index in [9.17, 15) is 9.59 Å². The number of carbonyl (C=O) groups is 2. The molecule has 0 bridgehead atoms. The maximum Gasteiger partial charge on any atom is 0.268 e. The third-order valence-electron chi connectivity index (χ3n) is 5.03. The summed E-state index contributed by atoms with van der Waals surface area (Å²) in [6.45, 7) is 9.59. The number of H-pyrrole nitrogens is 1. The number of hydrogen-bond acceptors (Lipinski definition) is 4. The van der Waals surface area contributed by atoms with Gasteiger partial charge in [0, 0.05) is 30.1 Å². The lowest BCUT2D eigenvalue weighted by molar-refractivity contribution is 0.0945. The molecule has 2 N–H and O–H groups in total. The Bertz CT molecular complexity index is 1080. The Morgan fingerprint density at radius 1 is 1.13 bits per heavy atom. The number of aromatic amines is 1. The first-order valence-electron chi connectivity index (χ1n) is 10.0. The molecule has 0 fully saturated rings. The van der Waals surface area contributed by atoms with Gasteiger partial charge in [0.15, 0.2) is 5.78 Å². The van der Waals surface area contributed by atoms with Crippen LogP contribution in [0.2, 0.25) is 0 Å². The third kappa shape index (κ3) is 4.59. The van der Waals surface area contributed by atoms with Crippen molar-refractivity contribution in [2.24, 2.45) is 0 Å². The van der Waals surface area contributed by atoms with Crippen molar-refractivity contribution in [1.82, 2.24) is 15.3 Å². The summed E-state index contributed by atoms with van der Waals surface area (Å²) in [7, 11) is 0. The molecular weight excluding hydrogens is 378 g/mol. The van der Waals surface area contributed by atoms with Crippen LogP contribution in [0.3, 0.4) is 0 Å². The average molecular weight is 405 g/mol. The monoisotopic (exact) mass is 405 g/mol. The predicted molar refractivity (Wildman–Crippen MR) is 116 cm³/mol. The fraction of sp³-hybridized carbons (Fsp3) is 0.292. The Morgan fingerprint density at radius 2 is 1.90 bits per heavy atom. The van der Waals surface area contributed by atoms with Crippen LogP contribution in [-0.2, 0) is 13.0 Å². The number of ether oxygens (including phenoxy) is 1. The lowest BCUT2D eigenvalue weighted by Gasteiger charge is -2.10. The van der Waals surface area contributed by atoms with Crippen LogP contribution in [0.1, 0.15) is 62.6 Å². The number of nitrogens with zero attached hydrogens (tertiary/aromatic N) is 1. The molecule has 0 spiro atoms. The molecule has 0 atom stereocenters. The number of benzene rings is 1. The van der Waals surface area contributed by atoms with Crippen molar-refractivity contribution in [3.63, 3.8) is 0 Å². The van der Waals surface area contributed by atoms with Crippen LogP contribution in [0.25, 0.3) is 0 Å². The van der Waals surface area contributed by atoms with Crippen LogP contribution in [0.15, 0.2) is 36.5 Å². The molecule has 0 saturated carbocycles. The topological polar surface area (TPSA) is 84.1 Å². The van der Waals surface area contributed by atoms with Crippen LogP contribution in [0.5, 0.6) is 11.6 Å². The number of aromatic nitrogens is 2. The molecule has 2 aromatic heterocycles. The predicted octanol–water partition coefficient (Wildman–Crippen LogP) is 4.82. The summed E-state index contributed by atoms with van der Waals surface area (Å²) < 4.78 is 5.87. The zero-order chi connectivity index (χ0) is 21.8. The molecule has 2 heterocycles. The number of hydrogen-bond donors (Lipinski definition) is 2. The Kier molecular flexibility index (Phi) is 6.35. The quantitative estimate of drug-likeness (QED) is 0.552. The minimum atomic E-state index is -0.238. The van der Waals surface area contributed by atoms with Crippen LogP contribution in [0, 0.1) is 20.8 Å². The number of ketones is 1. The van der Waals surface area contributed by atoms with Crippen LogP contribution < -0.4 is 10.1 Å². The molecule has 3 rings (SSSR count). The number of nitrogens with one attached hydrogen (secondary N) is 2. The van der Waals surface area contributed by atoms with Crippen molar-refractivity contribution < 1.29 is 14.3 Å². The van der Waals surface area contributed by atoms with E-state index in [0.29, 0.717) is 30.1 Å². The zero-order valence-corrected chi connectivity index (χ0v) is 18.1. The van der Waals surface area contributed by atoms with Gasteiger partial charge in [-0.15, -0.1) is 0 Å². The van der Waals surface area contributed by atoms with Crippen molar-refractivity contribution in [2.45, 2.75) is 47.6 Å². The average Bonchev–Trinajstić information content (AvgIpc) is 3.06. The van der Waals surface area contributed by atoms with E-state index in [4.69, 9.17) is 4.74 Å². The highest BCUT2D eigenvalue weighted by Gasteiger charge is 2.21. The van der Waals surface area contributed by atoms with Gasteiger partial charge in [0.1, 0.15) is 11.4 Å². The fourth-order valence-electron chi connectivity index (χ4n) is 3.48. The number of Topliss-reactive ketones (excluding diaryl/α,β-unsaturated/α-hetero) is 1. The van der Waals surface area contributed by atoms with Crippen molar-refractivity contribution in [3.05, 3.63) is 75.7 Å². The highest BCUT2D eigenvalue weighted by molar-refractivity contribution is 6.02. The van der Waals surface area contributed by atoms with E-state index < -0.39 is 0 Å². The van der Waals surface area contributed by atoms with E-state index in [1.165, 1.54) is 6.92 Å². The Labute approximate surface area is 176 Å². The first-order chi connectivity index (χ1) is 14.3. The first-order valence-corrected chi connectivity index (χ1v) is 10.0. The van der Waals surface area contributed by atoms with Gasteiger partial charge in [0.25, 0.3) is 5.91 Å². The molecule has 3 aromatic rings. The highest BCUT2D eigenvalue weighted by atomic mass is 16.5. The van der Waals surface area contributed by atoms with Crippen LogP contribution in [0.4, 0.5) is 0 Å². The number of amides is 1. The smallest absolute Gasteiger partial charge is 0.268 e. The molecule has 0 unspecified atom stereocenters. The minimum Gasteiger partial charge on any atom is -0.439 e. The maximum atomic E-state index is 12.7. The summed E-state index contributed by atoms with van der Waals surface area (Å²) in [5, 5.41) is 2.89. The van der Waals surface area contributed by atoms with Gasteiger partial charge in [0.05, 0.1) is 0 Å². The molecule has 0 radical (unpaired) electrons. The second kappa shape index (κ2) is 8.95. The molecule has 1 amide bonds. The number of rotatable bonds is 7. The number of pyridine rings is 1. The van der Waals surface area contributed by atoms with Gasteiger partial charge in [-0.3, -0.25) is 9.59 Å². The molecule has 6 nitrogen and oxygen atoms in total. The Morgan fingerprint density at radius 3 is 2.53 bits per heavy atom. The van der Waals surface area contributed by atoms with Gasteiger partial charge in [-0.1, -0.05) is 25.1 Å². The molecule has 6 heteroatoms. The molecule has 0 aliphatic heterocycles. The van der Waals surface area contributed by atoms with Crippen molar-refractivity contribution >= 4 is 11.7 Å². The van der Waals surface area contributed by atoms with E-state index >= 15 is 0 Å². The van der Waals surface area contributed by atoms with Crippen molar-refractivity contribution in [3.8, 4) is 11.6 Å². The van der Waals surface area contributed by atoms with Gasteiger partial charge < -0.3 is 15.0 Å². The summed E-state index contributed by atoms with van der Waals surface area (Å²) >= 11 is 0. The molecule has 1 aromatic carbocycles.